The van der Waals surface area contributed by atoms with Gasteiger partial charge >= 0.3 is 0 Å². The van der Waals surface area contributed by atoms with Gasteiger partial charge in [0.25, 0.3) is 0 Å². The number of nitrogens with one attached hydrogen (secondary N) is 2. The van der Waals surface area contributed by atoms with Crippen LogP contribution in [-0.2, 0) is 0 Å². The minimum absolute atomic E-state index is 0.252. The van der Waals surface area contributed by atoms with Crippen molar-refractivity contribution in [3.8, 4) is 0 Å². The molecule has 0 radical (unpaired) electrons. The minimum atomic E-state index is 0.252. The summed E-state index contributed by atoms with van der Waals surface area (Å²) >= 11 is 5.94. The molecule has 0 aromatic carbocycles. The number of hydrogen-bond acceptors (Lipinski definition) is 4. The molecular formula is C13H18ClN5. The number of aromatic nitrogens is 4. The van der Waals surface area contributed by atoms with E-state index in [4.69, 9.17) is 11.6 Å². The van der Waals surface area contributed by atoms with E-state index in [1.165, 1.54) is 32.1 Å². The van der Waals surface area contributed by atoms with Crippen LogP contribution in [-0.4, -0.2) is 26.2 Å². The van der Waals surface area contributed by atoms with Crippen LogP contribution in [0.1, 0.15) is 39.0 Å². The molecular weight excluding hydrogens is 262 g/mol. The Kier molecular flexibility index (Phi) is 3.55. The second-order valence-corrected chi connectivity index (χ2v) is 5.59. The molecule has 3 rings (SSSR count). The minimum Gasteiger partial charge on any atom is -0.367 e. The van der Waals surface area contributed by atoms with E-state index in [0.29, 0.717) is 11.7 Å². The molecule has 0 saturated heterocycles. The van der Waals surface area contributed by atoms with Gasteiger partial charge in [-0.1, -0.05) is 26.2 Å². The van der Waals surface area contributed by atoms with Crippen molar-refractivity contribution >= 4 is 28.5 Å². The number of aromatic amines is 1. The molecule has 2 aromatic rings. The maximum absolute atomic E-state index is 5.94. The van der Waals surface area contributed by atoms with E-state index in [1.807, 2.05) is 0 Å². The van der Waals surface area contributed by atoms with Crippen LogP contribution in [0.15, 0.2) is 6.20 Å². The summed E-state index contributed by atoms with van der Waals surface area (Å²) in [5.41, 5.74) is 0.686. The van der Waals surface area contributed by atoms with Crippen LogP contribution in [0.4, 0.5) is 5.82 Å². The topological polar surface area (TPSA) is 66.5 Å². The molecule has 2 atom stereocenters. The second-order valence-electron chi connectivity index (χ2n) is 5.26. The number of rotatable bonds is 3. The molecule has 2 N–H and O–H groups in total. The van der Waals surface area contributed by atoms with Gasteiger partial charge in [-0.25, -0.2) is 0 Å². The summed E-state index contributed by atoms with van der Waals surface area (Å²) in [6, 6.07) is 0.475. The van der Waals surface area contributed by atoms with Gasteiger partial charge in [-0.2, -0.15) is 15.1 Å². The van der Waals surface area contributed by atoms with Crippen LogP contribution in [0.3, 0.4) is 0 Å². The van der Waals surface area contributed by atoms with Crippen molar-refractivity contribution in [2.24, 2.45) is 5.92 Å². The van der Waals surface area contributed by atoms with Crippen molar-refractivity contribution in [3.05, 3.63) is 11.5 Å². The highest BCUT2D eigenvalue weighted by molar-refractivity contribution is 6.28. The summed E-state index contributed by atoms with van der Waals surface area (Å²) in [6.45, 7) is 2.27. The number of fused-ring (bicyclic) bond motifs is 1. The van der Waals surface area contributed by atoms with Gasteiger partial charge in [-0.05, 0) is 30.4 Å². The summed E-state index contributed by atoms with van der Waals surface area (Å²) in [5.74, 6) is 1.62. The normalized spacial score (nSPS) is 23.7. The van der Waals surface area contributed by atoms with Gasteiger partial charge in [0.05, 0.1) is 11.6 Å². The van der Waals surface area contributed by atoms with E-state index >= 15 is 0 Å². The first-order chi connectivity index (χ1) is 9.26. The molecule has 1 aliphatic rings. The summed E-state index contributed by atoms with van der Waals surface area (Å²) in [6.07, 6.45) is 8.02. The number of nitrogens with zero attached hydrogens (tertiary/aromatic N) is 3. The Morgan fingerprint density at radius 1 is 1.42 bits per heavy atom. The number of H-pyrrole nitrogens is 1. The standard InChI is InChI=1S/C13H18ClN5/c1-2-8-4-3-5-9(6-8)16-11-10-7-15-19-12(10)18-13(14)17-11/h7-9H,2-6H2,1H3,(H2,15,16,17,18,19). The molecule has 2 aromatic heterocycles. The highest BCUT2D eigenvalue weighted by atomic mass is 35.5. The third kappa shape index (κ3) is 2.66. The van der Waals surface area contributed by atoms with Crippen LogP contribution >= 0.6 is 11.6 Å². The van der Waals surface area contributed by atoms with Crippen LogP contribution in [0.5, 0.6) is 0 Å². The third-order valence-corrected chi connectivity index (χ3v) is 4.15. The molecule has 5 nitrogen and oxygen atoms in total. The molecule has 2 heterocycles. The zero-order valence-corrected chi connectivity index (χ0v) is 11.7. The van der Waals surface area contributed by atoms with E-state index in [-0.39, 0.29) is 5.28 Å². The number of halogens is 1. The van der Waals surface area contributed by atoms with Gasteiger partial charge in [0, 0.05) is 6.04 Å². The quantitative estimate of drug-likeness (QED) is 0.845. The predicted molar refractivity (Wildman–Crippen MR) is 76.4 cm³/mol. The van der Waals surface area contributed by atoms with Crippen molar-refractivity contribution in [2.75, 3.05) is 5.32 Å². The van der Waals surface area contributed by atoms with E-state index in [9.17, 15) is 0 Å². The first kappa shape index (κ1) is 12.7. The Labute approximate surface area is 117 Å². The smallest absolute Gasteiger partial charge is 0.226 e. The molecule has 0 spiro atoms. The van der Waals surface area contributed by atoms with E-state index in [2.05, 4.69) is 32.4 Å². The van der Waals surface area contributed by atoms with E-state index in [0.717, 1.165) is 17.1 Å². The van der Waals surface area contributed by atoms with Crippen molar-refractivity contribution in [3.63, 3.8) is 0 Å². The lowest BCUT2D eigenvalue weighted by molar-refractivity contribution is 0.327. The third-order valence-electron chi connectivity index (χ3n) is 3.98. The number of anilines is 1. The van der Waals surface area contributed by atoms with Crippen molar-refractivity contribution in [2.45, 2.75) is 45.1 Å². The van der Waals surface area contributed by atoms with Gasteiger partial charge in [0.15, 0.2) is 5.65 Å². The SMILES string of the molecule is CCC1CCCC(Nc2nc(Cl)nc3[nH]ncc23)C1. The van der Waals surface area contributed by atoms with Crippen molar-refractivity contribution < 1.29 is 0 Å². The lowest BCUT2D eigenvalue weighted by Gasteiger charge is -2.29. The highest BCUT2D eigenvalue weighted by Gasteiger charge is 2.22. The van der Waals surface area contributed by atoms with E-state index in [1.54, 1.807) is 6.20 Å². The first-order valence-electron chi connectivity index (χ1n) is 6.89. The molecule has 6 heteroatoms. The van der Waals surface area contributed by atoms with Gasteiger partial charge in [0.1, 0.15) is 5.82 Å². The van der Waals surface area contributed by atoms with E-state index < -0.39 is 0 Å². The summed E-state index contributed by atoms with van der Waals surface area (Å²) < 4.78 is 0. The lowest BCUT2D eigenvalue weighted by atomic mass is 9.84. The Morgan fingerprint density at radius 2 is 2.32 bits per heavy atom. The van der Waals surface area contributed by atoms with Gasteiger partial charge in [-0.3, -0.25) is 5.10 Å². The fourth-order valence-electron chi connectivity index (χ4n) is 2.90. The van der Waals surface area contributed by atoms with Crippen molar-refractivity contribution in [1.29, 1.82) is 0 Å². The second kappa shape index (κ2) is 5.33. The molecule has 1 aliphatic carbocycles. The average molecular weight is 280 g/mol. The Balaban J connectivity index is 1.82. The lowest BCUT2D eigenvalue weighted by Crippen LogP contribution is -2.27. The zero-order chi connectivity index (χ0) is 13.2. The molecule has 102 valence electrons. The van der Waals surface area contributed by atoms with Crippen LogP contribution < -0.4 is 5.32 Å². The predicted octanol–water partition coefficient (Wildman–Crippen LogP) is 3.39. The van der Waals surface area contributed by atoms with Crippen molar-refractivity contribution in [1.82, 2.24) is 20.2 Å². The summed E-state index contributed by atoms with van der Waals surface area (Å²) in [4.78, 5) is 8.42. The Bertz CT molecular complexity index is 567. The summed E-state index contributed by atoms with van der Waals surface area (Å²) in [7, 11) is 0. The Hall–Kier alpha value is -1.36. The molecule has 2 unspecified atom stereocenters. The van der Waals surface area contributed by atoms with Crippen LogP contribution in [0.2, 0.25) is 5.28 Å². The highest BCUT2D eigenvalue weighted by Crippen LogP contribution is 2.30. The maximum Gasteiger partial charge on any atom is 0.226 e. The Morgan fingerprint density at radius 3 is 3.16 bits per heavy atom. The van der Waals surface area contributed by atoms with Crippen LogP contribution in [0, 0.1) is 5.92 Å². The molecule has 0 amide bonds. The largest absolute Gasteiger partial charge is 0.367 e. The molecule has 1 saturated carbocycles. The molecule has 1 fully saturated rings. The monoisotopic (exact) mass is 279 g/mol. The van der Waals surface area contributed by atoms with Crippen LogP contribution in [0.25, 0.3) is 11.0 Å². The molecule has 0 bridgehead atoms. The average Bonchev–Trinajstić information content (AvgIpc) is 2.87. The zero-order valence-electron chi connectivity index (χ0n) is 11.0. The van der Waals surface area contributed by atoms with Gasteiger partial charge in [-0.15, -0.1) is 0 Å². The van der Waals surface area contributed by atoms with Gasteiger partial charge in [0.2, 0.25) is 5.28 Å². The van der Waals surface area contributed by atoms with Gasteiger partial charge < -0.3 is 5.32 Å². The first-order valence-corrected chi connectivity index (χ1v) is 7.27. The molecule has 19 heavy (non-hydrogen) atoms. The molecule has 0 aliphatic heterocycles. The maximum atomic E-state index is 5.94. The fraction of sp³-hybridized carbons (Fsp3) is 0.615. The summed E-state index contributed by atoms with van der Waals surface area (Å²) in [5, 5.41) is 11.5. The number of hydrogen-bond donors (Lipinski definition) is 2. The fourth-order valence-corrected chi connectivity index (χ4v) is 3.07.